The van der Waals surface area contributed by atoms with E-state index >= 15 is 0 Å². The zero-order chi connectivity index (χ0) is 13.1. The highest BCUT2D eigenvalue weighted by molar-refractivity contribution is 5.52. The Bertz CT molecular complexity index is 381. The maximum absolute atomic E-state index is 4.29. The topological polar surface area (TPSA) is 31.4 Å². The molecule has 18 heavy (non-hydrogen) atoms. The van der Waals surface area contributed by atoms with Crippen LogP contribution in [0.1, 0.15) is 19.4 Å². The van der Waals surface area contributed by atoms with Crippen LogP contribution in [0.4, 0.5) is 5.69 Å². The van der Waals surface area contributed by atoms with E-state index in [1.54, 1.807) is 0 Å². The van der Waals surface area contributed by atoms with Crippen molar-refractivity contribution in [2.75, 3.05) is 32.1 Å². The standard InChI is InChI=1S/C14H24N4/c1-11-9-18(10-12(2)17(11)4)14-8-16-6-5-13(14)7-15-3/h5-6,8,11-12,15H,7,9-10H2,1-4H3. The summed E-state index contributed by atoms with van der Waals surface area (Å²) in [7, 11) is 4.20. The molecule has 2 heterocycles. The van der Waals surface area contributed by atoms with Gasteiger partial charge in [-0.25, -0.2) is 0 Å². The minimum absolute atomic E-state index is 0.580. The Morgan fingerprint density at radius 2 is 2.00 bits per heavy atom. The van der Waals surface area contributed by atoms with Gasteiger partial charge in [0.1, 0.15) is 0 Å². The second-order valence-electron chi connectivity index (χ2n) is 5.30. The van der Waals surface area contributed by atoms with E-state index < -0.39 is 0 Å². The lowest BCUT2D eigenvalue weighted by molar-refractivity contribution is 0.170. The van der Waals surface area contributed by atoms with E-state index in [4.69, 9.17) is 0 Å². The summed E-state index contributed by atoms with van der Waals surface area (Å²) >= 11 is 0. The third-order valence-corrected chi connectivity index (χ3v) is 3.96. The quantitative estimate of drug-likeness (QED) is 0.874. The van der Waals surface area contributed by atoms with Crippen LogP contribution in [-0.2, 0) is 6.54 Å². The van der Waals surface area contributed by atoms with Crippen molar-refractivity contribution in [1.82, 2.24) is 15.2 Å². The van der Waals surface area contributed by atoms with Gasteiger partial charge in [-0.2, -0.15) is 0 Å². The molecule has 1 aliphatic rings. The first kappa shape index (κ1) is 13.3. The first-order valence-corrected chi connectivity index (χ1v) is 6.68. The number of nitrogens with one attached hydrogen (secondary N) is 1. The van der Waals surface area contributed by atoms with E-state index in [-0.39, 0.29) is 0 Å². The van der Waals surface area contributed by atoms with Gasteiger partial charge < -0.3 is 10.2 Å². The van der Waals surface area contributed by atoms with Crippen LogP contribution in [0, 0.1) is 0 Å². The Balaban J connectivity index is 2.21. The molecule has 2 atom stereocenters. The van der Waals surface area contributed by atoms with Crippen molar-refractivity contribution in [1.29, 1.82) is 0 Å². The minimum Gasteiger partial charge on any atom is -0.367 e. The molecular formula is C14H24N4. The van der Waals surface area contributed by atoms with Crippen LogP contribution in [0.5, 0.6) is 0 Å². The summed E-state index contributed by atoms with van der Waals surface area (Å²) < 4.78 is 0. The molecule has 1 fully saturated rings. The Labute approximate surface area is 110 Å². The highest BCUT2D eigenvalue weighted by Gasteiger charge is 2.27. The summed E-state index contributed by atoms with van der Waals surface area (Å²) in [6.07, 6.45) is 3.87. The van der Waals surface area contributed by atoms with Gasteiger partial charge in [-0.05, 0) is 39.6 Å². The van der Waals surface area contributed by atoms with E-state index in [1.807, 2.05) is 19.4 Å². The molecule has 0 bridgehead atoms. The van der Waals surface area contributed by atoms with Gasteiger partial charge in [-0.1, -0.05) is 0 Å². The van der Waals surface area contributed by atoms with Gasteiger partial charge in [0.25, 0.3) is 0 Å². The van der Waals surface area contributed by atoms with E-state index in [2.05, 4.69) is 47.1 Å². The molecule has 0 saturated carbocycles. The van der Waals surface area contributed by atoms with Crippen LogP contribution in [0.2, 0.25) is 0 Å². The molecule has 2 unspecified atom stereocenters. The van der Waals surface area contributed by atoms with Crippen molar-refractivity contribution in [3.63, 3.8) is 0 Å². The van der Waals surface area contributed by atoms with Crippen LogP contribution >= 0.6 is 0 Å². The summed E-state index contributed by atoms with van der Waals surface area (Å²) in [4.78, 5) is 9.21. The number of anilines is 1. The minimum atomic E-state index is 0.580. The fourth-order valence-electron chi connectivity index (χ4n) is 2.64. The average Bonchev–Trinajstić information content (AvgIpc) is 2.36. The smallest absolute Gasteiger partial charge is 0.0599 e. The fourth-order valence-corrected chi connectivity index (χ4v) is 2.64. The molecule has 1 aliphatic heterocycles. The Morgan fingerprint density at radius 1 is 1.33 bits per heavy atom. The molecule has 0 aromatic carbocycles. The number of nitrogens with zero attached hydrogens (tertiary/aromatic N) is 3. The molecule has 0 radical (unpaired) electrons. The molecule has 100 valence electrons. The second kappa shape index (κ2) is 5.67. The second-order valence-corrected chi connectivity index (χ2v) is 5.30. The highest BCUT2D eigenvalue weighted by atomic mass is 15.3. The molecule has 1 saturated heterocycles. The van der Waals surface area contributed by atoms with Crippen LogP contribution < -0.4 is 10.2 Å². The van der Waals surface area contributed by atoms with Gasteiger partial charge in [-0.3, -0.25) is 9.88 Å². The summed E-state index contributed by atoms with van der Waals surface area (Å²) in [5, 5.41) is 3.23. The summed E-state index contributed by atoms with van der Waals surface area (Å²) in [6, 6.07) is 3.27. The normalized spacial score (nSPS) is 25.4. The van der Waals surface area contributed by atoms with E-state index in [1.165, 1.54) is 11.3 Å². The monoisotopic (exact) mass is 248 g/mol. The van der Waals surface area contributed by atoms with Gasteiger partial charge in [-0.15, -0.1) is 0 Å². The number of aromatic nitrogens is 1. The lowest BCUT2D eigenvalue weighted by Gasteiger charge is -2.43. The van der Waals surface area contributed by atoms with E-state index in [0.29, 0.717) is 12.1 Å². The zero-order valence-electron chi connectivity index (χ0n) is 11.8. The summed E-state index contributed by atoms with van der Waals surface area (Å²) in [5.74, 6) is 0. The lowest BCUT2D eigenvalue weighted by Crippen LogP contribution is -2.55. The number of piperazine rings is 1. The van der Waals surface area contributed by atoms with Crippen LogP contribution in [0.15, 0.2) is 18.5 Å². The Hall–Kier alpha value is -1.13. The zero-order valence-corrected chi connectivity index (χ0v) is 11.8. The van der Waals surface area contributed by atoms with Crippen molar-refractivity contribution >= 4 is 5.69 Å². The predicted octanol–water partition coefficient (Wildman–Crippen LogP) is 1.33. The molecule has 1 aromatic rings. The average molecular weight is 248 g/mol. The SMILES string of the molecule is CNCc1ccncc1N1CC(C)N(C)C(C)C1. The number of pyridine rings is 1. The van der Waals surface area contributed by atoms with E-state index in [9.17, 15) is 0 Å². The van der Waals surface area contributed by atoms with Gasteiger partial charge in [0.15, 0.2) is 0 Å². The predicted molar refractivity (Wildman–Crippen MR) is 75.9 cm³/mol. The van der Waals surface area contributed by atoms with Gasteiger partial charge >= 0.3 is 0 Å². The summed E-state index contributed by atoms with van der Waals surface area (Å²) in [5.41, 5.74) is 2.61. The van der Waals surface area contributed by atoms with Crippen LogP contribution in [0.3, 0.4) is 0 Å². The molecule has 1 N–H and O–H groups in total. The van der Waals surface area contributed by atoms with Crippen molar-refractivity contribution in [3.05, 3.63) is 24.0 Å². The Kier molecular flexibility index (Phi) is 4.19. The number of hydrogen-bond donors (Lipinski definition) is 1. The highest BCUT2D eigenvalue weighted by Crippen LogP contribution is 2.24. The molecule has 4 nitrogen and oxygen atoms in total. The maximum Gasteiger partial charge on any atom is 0.0599 e. The molecule has 0 amide bonds. The molecule has 1 aromatic heterocycles. The van der Waals surface area contributed by atoms with Gasteiger partial charge in [0, 0.05) is 37.9 Å². The third-order valence-electron chi connectivity index (χ3n) is 3.96. The van der Waals surface area contributed by atoms with Crippen molar-refractivity contribution in [2.24, 2.45) is 0 Å². The van der Waals surface area contributed by atoms with Crippen LogP contribution in [-0.4, -0.2) is 49.2 Å². The van der Waals surface area contributed by atoms with Crippen molar-refractivity contribution in [2.45, 2.75) is 32.5 Å². The largest absolute Gasteiger partial charge is 0.367 e. The fraction of sp³-hybridized carbons (Fsp3) is 0.643. The first-order chi connectivity index (χ1) is 8.63. The van der Waals surface area contributed by atoms with Gasteiger partial charge in [0.2, 0.25) is 0 Å². The summed E-state index contributed by atoms with van der Waals surface area (Å²) in [6.45, 7) is 7.62. The van der Waals surface area contributed by atoms with E-state index in [0.717, 1.165) is 19.6 Å². The molecule has 0 aliphatic carbocycles. The number of rotatable bonds is 3. The number of hydrogen-bond acceptors (Lipinski definition) is 4. The van der Waals surface area contributed by atoms with Gasteiger partial charge in [0.05, 0.1) is 11.9 Å². The number of likely N-dealkylation sites (N-methyl/N-ethyl adjacent to an activating group) is 1. The van der Waals surface area contributed by atoms with Crippen LogP contribution in [0.25, 0.3) is 0 Å². The maximum atomic E-state index is 4.29. The molecule has 4 heteroatoms. The first-order valence-electron chi connectivity index (χ1n) is 6.68. The van der Waals surface area contributed by atoms with Crippen molar-refractivity contribution < 1.29 is 0 Å². The van der Waals surface area contributed by atoms with Crippen molar-refractivity contribution in [3.8, 4) is 0 Å². The molecule has 2 rings (SSSR count). The molecule has 0 spiro atoms. The lowest BCUT2D eigenvalue weighted by atomic mass is 10.1. The third kappa shape index (κ3) is 2.65. The Morgan fingerprint density at radius 3 is 2.61 bits per heavy atom. The molecular weight excluding hydrogens is 224 g/mol.